The van der Waals surface area contributed by atoms with Crippen molar-refractivity contribution >= 4 is 0 Å². The second-order valence-electron chi connectivity index (χ2n) is 2.58. The molecule has 0 amide bonds. The number of hydrogen-bond acceptors (Lipinski definition) is 2. The minimum Gasteiger partial charge on any atom is -0.329 e. The number of alkyl halides is 4. The van der Waals surface area contributed by atoms with Crippen LogP contribution in [0.4, 0.5) is 17.6 Å². The summed E-state index contributed by atoms with van der Waals surface area (Å²) >= 11 is 0. The molecule has 0 aliphatic rings. The summed E-state index contributed by atoms with van der Waals surface area (Å²) in [5.41, 5.74) is 5.08. The normalized spacial score (nSPS) is 15.2. The van der Waals surface area contributed by atoms with Crippen LogP contribution >= 0.6 is 0 Å². The van der Waals surface area contributed by atoms with Crippen LogP contribution in [0.25, 0.3) is 0 Å². The van der Waals surface area contributed by atoms with Crippen LogP contribution in [0, 0.1) is 0 Å². The van der Waals surface area contributed by atoms with E-state index in [1.165, 1.54) is 0 Å². The third kappa shape index (κ3) is 3.87. The standard InChI is InChI=1S/C6H12F4N2/c1-4(2-11)12-3-6(9,10)5(7)8/h4-5,12H,2-3,11H2,1H3/t4-/m0/s1. The number of hydrogen-bond donors (Lipinski definition) is 2. The lowest BCUT2D eigenvalue weighted by atomic mass is 10.3. The van der Waals surface area contributed by atoms with Crippen molar-refractivity contribution in [1.29, 1.82) is 0 Å². The SMILES string of the molecule is C[C@@H](CN)NCC(F)(F)C(F)F. The molecule has 0 radical (unpaired) electrons. The molecule has 0 heterocycles. The molecular weight excluding hydrogens is 176 g/mol. The van der Waals surface area contributed by atoms with Gasteiger partial charge in [0.2, 0.25) is 0 Å². The number of halogens is 4. The highest BCUT2D eigenvalue weighted by molar-refractivity contribution is 4.74. The lowest BCUT2D eigenvalue weighted by Crippen LogP contribution is -2.44. The monoisotopic (exact) mass is 188 g/mol. The molecule has 0 aliphatic carbocycles. The summed E-state index contributed by atoms with van der Waals surface area (Å²) in [4.78, 5) is 0. The van der Waals surface area contributed by atoms with Gasteiger partial charge in [-0.05, 0) is 6.92 Å². The minimum atomic E-state index is -3.97. The van der Waals surface area contributed by atoms with E-state index in [0.29, 0.717) is 0 Å². The van der Waals surface area contributed by atoms with Gasteiger partial charge in [-0.1, -0.05) is 0 Å². The summed E-state index contributed by atoms with van der Waals surface area (Å²) < 4.78 is 47.5. The fourth-order valence-corrected chi connectivity index (χ4v) is 0.471. The quantitative estimate of drug-likeness (QED) is 0.627. The molecule has 6 heteroatoms. The molecule has 0 aromatic heterocycles. The molecule has 0 saturated carbocycles. The Kier molecular flexibility index (Phi) is 4.47. The van der Waals surface area contributed by atoms with Crippen LogP contribution in [-0.4, -0.2) is 31.5 Å². The fraction of sp³-hybridized carbons (Fsp3) is 1.00. The summed E-state index contributed by atoms with van der Waals surface area (Å²) in [6, 6.07) is -0.380. The van der Waals surface area contributed by atoms with Crippen molar-refractivity contribution in [1.82, 2.24) is 5.32 Å². The zero-order chi connectivity index (χ0) is 9.78. The maximum Gasteiger partial charge on any atom is 0.319 e. The molecule has 0 saturated heterocycles. The van der Waals surface area contributed by atoms with Gasteiger partial charge in [-0.3, -0.25) is 0 Å². The van der Waals surface area contributed by atoms with Crippen molar-refractivity contribution in [2.75, 3.05) is 13.1 Å². The largest absolute Gasteiger partial charge is 0.329 e. The molecular formula is C6H12F4N2. The van der Waals surface area contributed by atoms with Gasteiger partial charge in [-0.15, -0.1) is 0 Å². The summed E-state index contributed by atoms with van der Waals surface area (Å²) in [5, 5.41) is 2.20. The second-order valence-corrected chi connectivity index (χ2v) is 2.58. The highest BCUT2D eigenvalue weighted by atomic mass is 19.3. The Morgan fingerprint density at radius 2 is 1.92 bits per heavy atom. The molecule has 12 heavy (non-hydrogen) atoms. The van der Waals surface area contributed by atoms with E-state index >= 15 is 0 Å². The molecule has 0 spiro atoms. The summed E-state index contributed by atoms with van der Waals surface area (Å²) in [7, 11) is 0. The predicted octanol–water partition coefficient (Wildman–Crippen LogP) is 0.824. The van der Waals surface area contributed by atoms with Crippen molar-refractivity contribution < 1.29 is 17.6 Å². The highest BCUT2D eigenvalue weighted by Gasteiger charge is 2.40. The van der Waals surface area contributed by atoms with Crippen LogP contribution < -0.4 is 11.1 Å². The van der Waals surface area contributed by atoms with Crippen molar-refractivity contribution in [3.8, 4) is 0 Å². The summed E-state index contributed by atoms with van der Waals surface area (Å²) in [6.07, 6.45) is -3.63. The Labute approximate surface area is 68.1 Å². The van der Waals surface area contributed by atoms with E-state index in [4.69, 9.17) is 5.73 Å². The van der Waals surface area contributed by atoms with E-state index < -0.39 is 18.9 Å². The Hall–Kier alpha value is -0.360. The number of nitrogens with two attached hydrogens (primary N) is 1. The Morgan fingerprint density at radius 3 is 2.25 bits per heavy atom. The highest BCUT2D eigenvalue weighted by Crippen LogP contribution is 2.21. The maximum absolute atomic E-state index is 12.2. The van der Waals surface area contributed by atoms with Gasteiger partial charge in [0.25, 0.3) is 0 Å². The first-order valence-corrected chi connectivity index (χ1v) is 3.49. The van der Waals surface area contributed by atoms with Crippen molar-refractivity contribution in [3.05, 3.63) is 0 Å². The number of rotatable bonds is 5. The number of nitrogens with one attached hydrogen (secondary N) is 1. The van der Waals surface area contributed by atoms with Gasteiger partial charge < -0.3 is 11.1 Å². The van der Waals surface area contributed by atoms with Crippen LogP contribution in [0.1, 0.15) is 6.92 Å². The molecule has 74 valence electrons. The van der Waals surface area contributed by atoms with Crippen LogP contribution in [0.2, 0.25) is 0 Å². The van der Waals surface area contributed by atoms with Gasteiger partial charge in [-0.2, -0.15) is 8.78 Å². The Balaban J connectivity index is 3.75. The van der Waals surface area contributed by atoms with Gasteiger partial charge in [-0.25, -0.2) is 8.78 Å². The van der Waals surface area contributed by atoms with Gasteiger partial charge in [0.05, 0.1) is 6.54 Å². The first kappa shape index (κ1) is 11.6. The van der Waals surface area contributed by atoms with Crippen LogP contribution in [-0.2, 0) is 0 Å². The average Bonchev–Trinajstić information content (AvgIpc) is 2.00. The third-order valence-corrected chi connectivity index (χ3v) is 1.36. The van der Waals surface area contributed by atoms with E-state index in [9.17, 15) is 17.6 Å². The van der Waals surface area contributed by atoms with Crippen LogP contribution in [0.5, 0.6) is 0 Å². The predicted molar refractivity (Wildman–Crippen MR) is 37.5 cm³/mol. The lowest BCUT2D eigenvalue weighted by molar-refractivity contribution is -0.126. The molecule has 1 atom stereocenters. The molecule has 2 nitrogen and oxygen atoms in total. The van der Waals surface area contributed by atoms with E-state index in [0.717, 1.165) is 0 Å². The zero-order valence-corrected chi connectivity index (χ0v) is 6.66. The first-order chi connectivity index (χ1) is 5.40. The Bertz CT molecular complexity index is 129. The van der Waals surface area contributed by atoms with E-state index in [2.05, 4.69) is 5.32 Å². The van der Waals surface area contributed by atoms with Crippen molar-refractivity contribution in [2.24, 2.45) is 5.73 Å². The topological polar surface area (TPSA) is 38.0 Å². The second kappa shape index (κ2) is 4.61. The van der Waals surface area contributed by atoms with E-state index in [-0.39, 0.29) is 12.6 Å². The molecule has 0 bridgehead atoms. The molecule has 3 N–H and O–H groups in total. The minimum absolute atomic E-state index is 0.138. The van der Waals surface area contributed by atoms with Gasteiger partial charge in [0.15, 0.2) is 0 Å². The van der Waals surface area contributed by atoms with Crippen molar-refractivity contribution in [2.45, 2.75) is 25.3 Å². The molecule has 0 aromatic rings. The molecule has 0 fully saturated rings. The van der Waals surface area contributed by atoms with Crippen LogP contribution in [0.15, 0.2) is 0 Å². The third-order valence-electron chi connectivity index (χ3n) is 1.36. The van der Waals surface area contributed by atoms with E-state index in [1.54, 1.807) is 6.92 Å². The summed E-state index contributed by atoms with van der Waals surface area (Å²) in [6.45, 7) is 0.643. The zero-order valence-electron chi connectivity index (χ0n) is 6.66. The van der Waals surface area contributed by atoms with Crippen LogP contribution in [0.3, 0.4) is 0 Å². The molecule has 0 rings (SSSR count). The Morgan fingerprint density at radius 1 is 1.42 bits per heavy atom. The smallest absolute Gasteiger partial charge is 0.319 e. The molecule has 0 unspecified atom stereocenters. The van der Waals surface area contributed by atoms with Gasteiger partial charge in [0, 0.05) is 12.6 Å². The fourth-order valence-electron chi connectivity index (χ4n) is 0.471. The molecule has 0 aromatic carbocycles. The maximum atomic E-state index is 12.2. The van der Waals surface area contributed by atoms with E-state index in [1.807, 2.05) is 0 Å². The van der Waals surface area contributed by atoms with Gasteiger partial charge >= 0.3 is 12.3 Å². The van der Waals surface area contributed by atoms with Gasteiger partial charge in [0.1, 0.15) is 0 Å². The first-order valence-electron chi connectivity index (χ1n) is 3.49. The molecule has 0 aliphatic heterocycles. The van der Waals surface area contributed by atoms with Crippen molar-refractivity contribution in [3.63, 3.8) is 0 Å². The lowest BCUT2D eigenvalue weighted by Gasteiger charge is -2.18. The average molecular weight is 188 g/mol. The summed E-state index contributed by atoms with van der Waals surface area (Å²) in [5.74, 6) is -3.97.